The van der Waals surface area contributed by atoms with Gasteiger partial charge in [0.1, 0.15) is 0 Å². The standard InChI is InChI=1S/C14H14N2O2/c1-2-18-14(17)8-7-11-9-16(10-15)13-6-4-3-5-12(11)13/h3-6,9H,2,7-8H2,1H3. The fourth-order valence-electron chi connectivity index (χ4n) is 2.00. The van der Waals surface area contributed by atoms with E-state index < -0.39 is 0 Å². The van der Waals surface area contributed by atoms with Crippen molar-refractivity contribution in [3.05, 3.63) is 36.0 Å². The summed E-state index contributed by atoms with van der Waals surface area (Å²) in [6, 6.07) is 7.68. The van der Waals surface area contributed by atoms with E-state index in [1.165, 1.54) is 4.57 Å². The number of fused-ring (bicyclic) bond motifs is 1. The minimum atomic E-state index is -0.203. The number of carbonyl (C=O) groups excluding carboxylic acids is 1. The first-order chi connectivity index (χ1) is 8.76. The van der Waals surface area contributed by atoms with Crippen LogP contribution in [0.4, 0.5) is 0 Å². The van der Waals surface area contributed by atoms with Crippen molar-refractivity contribution in [1.29, 1.82) is 5.26 Å². The average Bonchev–Trinajstić information content (AvgIpc) is 2.75. The average molecular weight is 242 g/mol. The molecule has 0 radical (unpaired) electrons. The molecular formula is C14H14N2O2. The third-order valence-electron chi connectivity index (χ3n) is 2.81. The Hall–Kier alpha value is -2.28. The third-order valence-corrected chi connectivity index (χ3v) is 2.81. The Labute approximate surface area is 105 Å². The van der Waals surface area contributed by atoms with Crippen molar-refractivity contribution in [3.63, 3.8) is 0 Å². The molecule has 0 aliphatic heterocycles. The van der Waals surface area contributed by atoms with Crippen LogP contribution in [0.5, 0.6) is 0 Å². The summed E-state index contributed by atoms with van der Waals surface area (Å²) in [6.45, 7) is 2.19. The minimum Gasteiger partial charge on any atom is -0.466 e. The molecule has 0 N–H and O–H groups in total. The van der Waals surface area contributed by atoms with Crippen LogP contribution in [0.3, 0.4) is 0 Å². The van der Waals surface area contributed by atoms with Crippen LogP contribution in [0.1, 0.15) is 18.9 Å². The molecule has 1 heterocycles. The molecule has 18 heavy (non-hydrogen) atoms. The summed E-state index contributed by atoms with van der Waals surface area (Å²) in [7, 11) is 0. The summed E-state index contributed by atoms with van der Waals surface area (Å²) in [4.78, 5) is 11.3. The van der Waals surface area contributed by atoms with Gasteiger partial charge in [-0.1, -0.05) is 18.2 Å². The van der Waals surface area contributed by atoms with Crippen LogP contribution in [-0.4, -0.2) is 17.1 Å². The van der Waals surface area contributed by atoms with E-state index in [0.29, 0.717) is 19.4 Å². The van der Waals surface area contributed by atoms with Crippen LogP contribution in [-0.2, 0) is 16.0 Å². The molecule has 4 nitrogen and oxygen atoms in total. The normalized spacial score (nSPS) is 10.2. The van der Waals surface area contributed by atoms with Gasteiger partial charge >= 0.3 is 5.97 Å². The molecule has 2 rings (SSSR count). The zero-order chi connectivity index (χ0) is 13.0. The van der Waals surface area contributed by atoms with Crippen molar-refractivity contribution in [2.75, 3.05) is 6.61 Å². The predicted molar refractivity (Wildman–Crippen MR) is 67.9 cm³/mol. The molecule has 0 saturated heterocycles. The van der Waals surface area contributed by atoms with Crippen molar-refractivity contribution in [1.82, 2.24) is 4.57 Å². The SMILES string of the molecule is CCOC(=O)CCc1cn(C#N)c2ccccc12. The Balaban J connectivity index is 2.24. The van der Waals surface area contributed by atoms with E-state index in [1.54, 1.807) is 13.1 Å². The van der Waals surface area contributed by atoms with Crippen LogP contribution in [0.25, 0.3) is 10.9 Å². The van der Waals surface area contributed by atoms with Gasteiger partial charge in [0.25, 0.3) is 0 Å². The van der Waals surface area contributed by atoms with Gasteiger partial charge in [0.05, 0.1) is 12.1 Å². The molecule has 2 aromatic rings. The Morgan fingerprint density at radius 1 is 1.44 bits per heavy atom. The lowest BCUT2D eigenvalue weighted by atomic mass is 10.1. The van der Waals surface area contributed by atoms with Crippen LogP contribution in [0, 0.1) is 11.5 Å². The molecule has 0 saturated carbocycles. The summed E-state index contributed by atoms with van der Waals surface area (Å²) >= 11 is 0. The second kappa shape index (κ2) is 5.37. The molecular weight excluding hydrogens is 228 g/mol. The van der Waals surface area contributed by atoms with Crippen molar-refractivity contribution in [2.45, 2.75) is 19.8 Å². The van der Waals surface area contributed by atoms with E-state index in [4.69, 9.17) is 10.00 Å². The molecule has 1 aromatic heterocycles. The number of para-hydroxylation sites is 1. The van der Waals surface area contributed by atoms with Crippen LogP contribution in [0.2, 0.25) is 0 Å². The first-order valence-corrected chi connectivity index (χ1v) is 5.91. The van der Waals surface area contributed by atoms with E-state index in [9.17, 15) is 4.79 Å². The fourth-order valence-corrected chi connectivity index (χ4v) is 2.00. The smallest absolute Gasteiger partial charge is 0.306 e. The Bertz CT molecular complexity index is 608. The quantitative estimate of drug-likeness (QED) is 0.774. The van der Waals surface area contributed by atoms with Crippen molar-refractivity contribution >= 4 is 16.9 Å². The molecule has 0 amide bonds. The van der Waals surface area contributed by atoms with Gasteiger partial charge in [-0.2, -0.15) is 5.26 Å². The summed E-state index contributed by atoms with van der Waals surface area (Å²) in [5.74, 6) is -0.203. The molecule has 1 aromatic carbocycles. The summed E-state index contributed by atoms with van der Waals surface area (Å²) < 4.78 is 6.42. The lowest BCUT2D eigenvalue weighted by molar-refractivity contribution is -0.143. The molecule has 0 atom stereocenters. The van der Waals surface area contributed by atoms with Crippen LogP contribution < -0.4 is 0 Å². The van der Waals surface area contributed by atoms with Crippen molar-refractivity contribution in [2.24, 2.45) is 0 Å². The van der Waals surface area contributed by atoms with E-state index in [0.717, 1.165) is 16.5 Å². The number of aromatic nitrogens is 1. The largest absolute Gasteiger partial charge is 0.466 e. The fraction of sp³-hybridized carbons (Fsp3) is 0.286. The van der Waals surface area contributed by atoms with Gasteiger partial charge in [-0.05, 0) is 25.0 Å². The van der Waals surface area contributed by atoms with Gasteiger partial charge in [-0.25, -0.2) is 0 Å². The van der Waals surface area contributed by atoms with Gasteiger partial charge in [-0.15, -0.1) is 0 Å². The van der Waals surface area contributed by atoms with E-state index in [2.05, 4.69) is 6.19 Å². The van der Waals surface area contributed by atoms with Crippen molar-refractivity contribution < 1.29 is 9.53 Å². The van der Waals surface area contributed by atoms with E-state index in [1.807, 2.05) is 24.3 Å². The van der Waals surface area contributed by atoms with Gasteiger partial charge in [0.15, 0.2) is 6.19 Å². The number of nitrogens with zero attached hydrogens (tertiary/aromatic N) is 2. The molecule has 4 heteroatoms. The Kier molecular flexibility index (Phi) is 3.63. The first kappa shape index (κ1) is 12.2. The number of rotatable bonds is 4. The first-order valence-electron chi connectivity index (χ1n) is 5.91. The van der Waals surface area contributed by atoms with Crippen LogP contribution in [0.15, 0.2) is 30.5 Å². The van der Waals surface area contributed by atoms with Gasteiger partial charge < -0.3 is 4.74 Å². The Morgan fingerprint density at radius 3 is 2.94 bits per heavy atom. The number of esters is 1. The highest BCUT2D eigenvalue weighted by Gasteiger charge is 2.09. The van der Waals surface area contributed by atoms with Crippen LogP contribution >= 0.6 is 0 Å². The number of hydrogen-bond donors (Lipinski definition) is 0. The second-order valence-corrected chi connectivity index (χ2v) is 3.95. The maximum Gasteiger partial charge on any atom is 0.306 e. The minimum absolute atomic E-state index is 0.203. The summed E-state index contributed by atoms with van der Waals surface area (Å²) in [5, 5.41) is 10.0. The number of nitriles is 1. The number of aryl methyl sites for hydroxylation is 1. The van der Waals surface area contributed by atoms with Gasteiger partial charge in [-0.3, -0.25) is 9.36 Å². The second-order valence-electron chi connectivity index (χ2n) is 3.95. The number of hydrogen-bond acceptors (Lipinski definition) is 3. The molecule has 0 bridgehead atoms. The zero-order valence-corrected chi connectivity index (χ0v) is 10.2. The van der Waals surface area contributed by atoms with Gasteiger partial charge in [0.2, 0.25) is 0 Å². The monoisotopic (exact) mass is 242 g/mol. The van der Waals surface area contributed by atoms with E-state index in [-0.39, 0.29) is 5.97 Å². The third kappa shape index (κ3) is 2.35. The maximum absolute atomic E-state index is 11.3. The molecule has 0 aliphatic rings. The molecule has 0 fully saturated rings. The summed E-state index contributed by atoms with van der Waals surface area (Å²) in [5.41, 5.74) is 1.87. The summed E-state index contributed by atoms with van der Waals surface area (Å²) in [6.07, 6.45) is 4.82. The number of ether oxygens (including phenoxy) is 1. The molecule has 92 valence electrons. The highest BCUT2D eigenvalue weighted by molar-refractivity contribution is 5.85. The lowest BCUT2D eigenvalue weighted by Crippen LogP contribution is -2.04. The van der Waals surface area contributed by atoms with E-state index >= 15 is 0 Å². The topological polar surface area (TPSA) is 55.0 Å². The van der Waals surface area contributed by atoms with Crippen molar-refractivity contribution in [3.8, 4) is 6.19 Å². The molecule has 0 unspecified atom stereocenters. The predicted octanol–water partition coefficient (Wildman–Crippen LogP) is 2.47. The molecule has 0 aliphatic carbocycles. The number of benzene rings is 1. The van der Waals surface area contributed by atoms with Gasteiger partial charge in [0, 0.05) is 18.0 Å². The molecule has 0 spiro atoms. The Morgan fingerprint density at radius 2 is 2.22 bits per heavy atom. The lowest BCUT2D eigenvalue weighted by Gasteiger charge is -2.00. The highest BCUT2D eigenvalue weighted by Crippen LogP contribution is 2.21. The zero-order valence-electron chi connectivity index (χ0n) is 10.2. The maximum atomic E-state index is 11.3. The number of carbonyl (C=O) groups is 1. The highest BCUT2D eigenvalue weighted by atomic mass is 16.5.